The van der Waals surface area contributed by atoms with Crippen LogP contribution in [0.25, 0.3) is 11.0 Å². The van der Waals surface area contributed by atoms with Gasteiger partial charge in [-0.2, -0.15) is 0 Å². The van der Waals surface area contributed by atoms with E-state index in [0.717, 1.165) is 36.9 Å². The summed E-state index contributed by atoms with van der Waals surface area (Å²) in [6.07, 6.45) is 23.0. The summed E-state index contributed by atoms with van der Waals surface area (Å²) in [7, 11) is 0. The average molecular weight is 511 g/mol. The van der Waals surface area contributed by atoms with Crippen molar-refractivity contribution < 1.29 is 0 Å². The zero-order valence-corrected chi connectivity index (χ0v) is 23.3. The third-order valence-electron chi connectivity index (χ3n) is 10.3. The first-order chi connectivity index (χ1) is 18.0. The molecule has 2 saturated carbocycles. The van der Waals surface area contributed by atoms with Crippen LogP contribution in [-0.2, 0) is 12.2 Å². The smallest absolute Gasteiger partial charge is 0.0966 e. The minimum absolute atomic E-state index is 0.326. The van der Waals surface area contributed by atoms with E-state index in [1.54, 1.807) is 0 Å². The Morgan fingerprint density at radius 2 is 1.16 bits per heavy atom. The summed E-state index contributed by atoms with van der Waals surface area (Å²) < 4.78 is 0. The number of hydrogen-bond acceptors (Lipinski definition) is 4. The Balaban J connectivity index is 1.54. The largest absolute Gasteiger partial charge is 0.356 e. The van der Waals surface area contributed by atoms with Crippen molar-refractivity contribution in [1.82, 2.24) is 9.97 Å². The van der Waals surface area contributed by atoms with Gasteiger partial charge in [0.2, 0.25) is 0 Å². The van der Waals surface area contributed by atoms with Crippen LogP contribution in [0, 0.1) is 11.8 Å². The van der Waals surface area contributed by atoms with Gasteiger partial charge in [0.1, 0.15) is 0 Å². The van der Waals surface area contributed by atoms with E-state index in [4.69, 9.17) is 22.9 Å². The molecule has 3 aliphatic rings. The maximum absolute atomic E-state index is 7.13. The van der Waals surface area contributed by atoms with Crippen LogP contribution in [0.3, 0.4) is 0 Å². The molecule has 2 aromatic rings. The van der Waals surface area contributed by atoms with Crippen LogP contribution in [0.2, 0.25) is 0 Å². The van der Waals surface area contributed by atoms with Crippen molar-refractivity contribution >= 4 is 11.0 Å². The molecular weight excluding hydrogens is 456 g/mol. The predicted octanol–water partition coefficient (Wildman–Crippen LogP) is 6.45. The minimum Gasteiger partial charge on any atom is -0.356 e. The second kappa shape index (κ2) is 12.2. The van der Waals surface area contributed by atoms with Crippen molar-refractivity contribution in [2.24, 2.45) is 34.8 Å². The standard InChI is InChI=1S/C31H54N6/c32-19-21-13-9-5-4-7-10-14-22(17-21)27-25(20-33)29-30(36-27)26-28(37-29)23-15-11-6-2-1-3-8-12-16-24(18-23)31(26,34)35/h21-24,36-37H,1-20,32-35H2. The van der Waals surface area contributed by atoms with Crippen LogP contribution >= 0.6 is 0 Å². The first-order valence-corrected chi connectivity index (χ1v) is 15.8. The second-order valence-electron chi connectivity index (χ2n) is 12.9. The van der Waals surface area contributed by atoms with Gasteiger partial charge >= 0.3 is 0 Å². The van der Waals surface area contributed by atoms with Gasteiger partial charge in [-0.15, -0.1) is 0 Å². The van der Waals surface area contributed by atoms with Crippen molar-refractivity contribution in [2.45, 2.75) is 140 Å². The van der Waals surface area contributed by atoms with Gasteiger partial charge in [-0.05, 0) is 68.7 Å². The molecule has 10 N–H and O–H groups in total. The van der Waals surface area contributed by atoms with Crippen LogP contribution in [0.5, 0.6) is 0 Å². The molecule has 37 heavy (non-hydrogen) atoms. The third kappa shape index (κ3) is 5.68. The summed E-state index contributed by atoms with van der Waals surface area (Å²) in [6, 6.07) is 0. The van der Waals surface area contributed by atoms with E-state index in [1.807, 2.05) is 0 Å². The molecule has 0 radical (unpaired) electrons. The molecule has 2 bridgehead atoms. The van der Waals surface area contributed by atoms with Gasteiger partial charge in [0.05, 0.1) is 16.7 Å². The summed E-state index contributed by atoms with van der Waals surface area (Å²) >= 11 is 0. The molecule has 0 aromatic carbocycles. The Kier molecular flexibility index (Phi) is 9.00. The fourth-order valence-corrected chi connectivity index (χ4v) is 8.14. The normalized spacial score (nSPS) is 30.3. The molecule has 6 nitrogen and oxygen atoms in total. The quantitative estimate of drug-likeness (QED) is 0.265. The second-order valence-corrected chi connectivity index (χ2v) is 12.9. The SMILES string of the molecule is NCc1c(C2CCCCCCCC(CN)C2)[nH]c2c3c([nH]c12)C1CCCCCCCCCC(C1)C3(N)N. The van der Waals surface area contributed by atoms with E-state index < -0.39 is 5.66 Å². The number of aromatic amines is 2. The third-order valence-corrected chi connectivity index (χ3v) is 10.3. The lowest BCUT2D eigenvalue weighted by atomic mass is 9.69. The van der Waals surface area contributed by atoms with Gasteiger partial charge in [-0.1, -0.05) is 77.0 Å². The van der Waals surface area contributed by atoms with Gasteiger partial charge in [0.15, 0.2) is 0 Å². The molecule has 4 unspecified atom stereocenters. The van der Waals surface area contributed by atoms with E-state index in [9.17, 15) is 0 Å². The van der Waals surface area contributed by atoms with Gasteiger partial charge in [-0.3, -0.25) is 0 Å². The topological polar surface area (TPSA) is 136 Å². The summed E-state index contributed by atoms with van der Waals surface area (Å²) in [5.74, 6) is 1.90. The monoisotopic (exact) mass is 510 g/mol. The van der Waals surface area contributed by atoms with Crippen LogP contribution in [0.1, 0.15) is 150 Å². The lowest BCUT2D eigenvalue weighted by Crippen LogP contribution is -2.55. The molecule has 0 saturated heterocycles. The van der Waals surface area contributed by atoms with Crippen molar-refractivity contribution in [3.63, 3.8) is 0 Å². The maximum Gasteiger partial charge on any atom is 0.0966 e. The van der Waals surface area contributed by atoms with Crippen LogP contribution < -0.4 is 22.9 Å². The van der Waals surface area contributed by atoms with Crippen LogP contribution in [0.4, 0.5) is 0 Å². The molecular formula is C31H54N6. The number of H-pyrrole nitrogens is 2. The number of rotatable bonds is 3. The summed E-state index contributed by atoms with van der Waals surface area (Å²) in [5.41, 5.74) is 33.6. The summed E-state index contributed by atoms with van der Waals surface area (Å²) in [6.45, 7) is 1.31. The fraction of sp³-hybridized carbons (Fsp3) is 0.806. The molecule has 2 aromatic heterocycles. The molecule has 2 fully saturated rings. The number of nitrogens with two attached hydrogens (primary N) is 4. The van der Waals surface area contributed by atoms with E-state index >= 15 is 0 Å². The first kappa shape index (κ1) is 27.2. The summed E-state index contributed by atoms with van der Waals surface area (Å²) in [4.78, 5) is 7.84. The van der Waals surface area contributed by atoms with Gasteiger partial charge in [0, 0.05) is 29.1 Å². The highest BCUT2D eigenvalue weighted by Gasteiger charge is 2.45. The predicted molar refractivity (Wildman–Crippen MR) is 155 cm³/mol. The molecule has 0 spiro atoms. The summed E-state index contributed by atoms with van der Waals surface area (Å²) in [5, 5.41) is 0. The van der Waals surface area contributed by atoms with Gasteiger partial charge in [0.25, 0.3) is 0 Å². The molecule has 3 aliphatic carbocycles. The minimum atomic E-state index is -0.807. The van der Waals surface area contributed by atoms with Crippen molar-refractivity contribution in [3.05, 3.63) is 22.5 Å². The van der Waals surface area contributed by atoms with E-state index in [1.165, 1.54) is 119 Å². The molecule has 208 valence electrons. The number of hydrogen-bond donors (Lipinski definition) is 6. The average Bonchev–Trinajstić information content (AvgIpc) is 3.43. The van der Waals surface area contributed by atoms with Crippen LogP contribution in [0.15, 0.2) is 0 Å². The van der Waals surface area contributed by atoms with Crippen molar-refractivity contribution in [1.29, 1.82) is 0 Å². The maximum atomic E-state index is 7.13. The van der Waals surface area contributed by atoms with Gasteiger partial charge < -0.3 is 32.9 Å². The lowest BCUT2D eigenvalue weighted by molar-refractivity contribution is 0.201. The Morgan fingerprint density at radius 3 is 1.78 bits per heavy atom. The first-order valence-electron chi connectivity index (χ1n) is 15.8. The van der Waals surface area contributed by atoms with Crippen molar-refractivity contribution in [2.75, 3.05) is 6.54 Å². The molecule has 0 aliphatic heterocycles. The highest BCUT2D eigenvalue weighted by Crippen LogP contribution is 2.49. The van der Waals surface area contributed by atoms with E-state index in [-0.39, 0.29) is 0 Å². The zero-order valence-electron chi connectivity index (χ0n) is 23.3. The van der Waals surface area contributed by atoms with Crippen LogP contribution in [-0.4, -0.2) is 16.5 Å². The zero-order chi connectivity index (χ0) is 25.8. The molecule has 4 atom stereocenters. The molecule has 6 heteroatoms. The Labute approximate surface area is 224 Å². The Morgan fingerprint density at radius 1 is 0.622 bits per heavy atom. The van der Waals surface area contributed by atoms with Gasteiger partial charge in [-0.25, -0.2) is 0 Å². The van der Waals surface area contributed by atoms with Crippen molar-refractivity contribution in [3.8, 4) is 0 Å². The van der Waals surface area contributed by atoms with E-state index in [0.29, 0.717) is 30.2 Å². The molecule has 5 rings (SSSR count). The Hall–Kier alpha value is -1.34. The molecule has 0 amide bonds. The highest BCUT2D eigenvalue weighted by atomic mass is 15.0. The lowest BCUT2D eigenvalue weighted by Gasteiger charge is -2.42. The number of aromatic nitrogens is 2. The van der Waals surface area contributed by atoms with E-state index in [2.05, 4.69) is 9.97 Å². The number of fused-ring (bicyclic) bond motifs is 6. The fourth-order valence-electron chi connectivity index (χ4n) is 8.14. The molecule has 2 heterocycles. The highest BCUT2D eigenvalue weighted by molar-refractivity contribution is 5.87. The Bertz CT molecular complexity index is 1000. The number of nitrogens with one attached hydrogen (secondary N) is 2.